The molecule has 0 spiro atoms. The van der Waals surface area contributed by atoms with Gasteiger partial charge < -0.3 is 11.1 Å². The second-order valence-corrected chi connectivity index (χ2v) is 4.85. The molecule has 0 bridgehead atoms. The molecule has 100 valence electrons. The lowest BCUT2D eigenvalue weighted by Crippen LogP contribution is -2.40. The summed E-state index contributed by atoms with van der Waals surface area (Å²) in [6.07, 6.45) is 3.58. The number of carbonyl (C=O) groups is 1. The first-order valence-electron chi connectivity index (χ1n) is 6.38. The van der Waals surface area contributed by atoms with E-state index in [2.05, 4.69) is 5.32 Å². The van der Waals surface area contributed by atoms with Crippen molar-refractivity contribution in [2.24, 2.45) is 11.7 Å². The highest BCUT2D eigenvalue weighted by atomic mass is 19.1. The summed E-state index contributed by atoms with van der Waals surface area (Å²) in [5.41, 5.74) is 6.25. The zero-order chi connectivity index (χ0) is 13.8. The van der Waals surface area contributed by atoms with E-state index in [9.17, 15) is 9.18 Å². The van der Waals surface area contributed by atoms with Gasteiger partial charge in [-0.15, -0.1) is 0 Å². The first-order valence-corrected chi connectivity index (χ1v) is 6.38. The number of rotatable bonds is 2. The quantitative estimate of drug-likeness (QED) is 0.856. The molecule has 1 saturated carbocycles. The summed E-state index contributed by atoms with van der Waals surface area (Å²) in [5, 5.41) is 11.2. The number of hydrogen-bond donors (Lipinski definition) is 2. The van der Waals surface area contributed by atoms with Crippen LogP contribution in [0.2, 0.25) is 0 Å². The fourth-order valence-corrected chi connectivity index (χ4v) is 2.40. The van der Waals surface area contributed by atoms with Crippen LogP contribution in [0.1, 0.15) is 31.2 Å². The van der Waals surface area contributed by atoms with E-state index < -0.39 is 5.82 Å². The van der Waals surface area contributed by atoms with Crippen molar-refractivity contribution in [3.8, 4) is 6.07 Å². The maximum Gasteiger partial charge on any atom is 0.229 e. The predicted octanol–water partition coefficient (Wildman–Crippen LogP) is 2.15. The number of nitrogens with two attached hydrogens (primary N) is 1. The van der Waals surface area contributed by atoms with Crippen LogP contribution in [0.5, 0.6) is 0 Å². The molecule has 2 atom stereocenters. The summed E-state index contributed by atoms with van der Waals surface area (Å²) in [5.74, 6) is -1.10. The van der Waals surface area contributed by atoms with Crippen molar-refractivity contribution in [3.05, 3.63) is 29.6 Å². The summed E-state index contributed by atoms with van der Waals surface area (Å²) in [6, 6.07) is 5.67. The third-order valence-electron chi connectivity index (χ3n) is 3.51. The van der Waals surface area contributed by atoms with Crippen molar-refractivity contribution in [1.82, 2.24) is 0 Å². The lowest BCUT2D eigenvalue weighted by molar-refractivity contribution is -0.121. The highest BCUT2D eigenvalue weighted by Crippen LogP contribution is 2.25. The Balaban J connectivity index is 2.08. The summed E-state index contributed by atoms with van der Waals surface area (Å²) in [7, 11) is 0. The molecule has 1 aliphatic carbocycles. The normalized spacial score (nSPS) is 22.6. The van der Waals surface area contributed by atoms with Gasteiger partial charge in [0.1, 0.15) is 5.82 Å². The number of hydrogen-bond acceptors (Lipinski definition) is 3. The highest BCUT2D eigenvalue weighted by Gasteiger charge is 2.28. The maximum atomic E-state index is 13.7. The lowest BCUT2D eigenvalue weighted by Gasteiger charge is -2.27. The number of benzene rings is 1. The van der Waals surface area contributed by atoms with Crippen LogP contribution in [-0.4, -0.2) is 11.9 Å². The fourth-order valence-electron chi connectivity index (χ4n) is 2.40. The van der Waals surface area contributed by atoms with Crippen LogP contribution in [-0.2, 0) is 4.79 Å². The number of halogens is 1. The van der Waals surface area contributed by atoms with Gasteiger partial charge in [-0.1, -0.05) is 12.8 Å². The van der Waals surface area contributed by atoms with Gasteiger partial charge >= 0.3 is 0 Å². The molecule has 1 aliphatic rings. The molecular formula is C14H16FN3O. The lowest BCUT2D eigenvalue weighted by atomic mass is 9.84. The minimum atomic E-state index is -0.600. The number of nitrogens with zero attached hydrogens (tertiary/aromatic N) is 1. The summed E-state index contributed by atoms with van der Waals surface area (Å²) in [4.78, 5) is 12.1. The molecule has 0 saturated heterocycles. The van der Waals surface area contributed by atoms with Gasteiger partial charge in [-0.3, -0.25) is 4.79 Å². The Kier molecular flexibility index (Phi) is 4.13. The maximum absolute atomic E-state index is 13.7. The molecule has 4 nitrogen and oxygen atoms in total. The minimum Gasteiger partial charge on any atom is -0.327 e. The van der Waals surface area contributed by atoms with Gasteiger partial charge in [0.2, 0.25) is 5.91 Å². The molecule has 0 aliphatic heterocycles. The Morgan fingerprint density at radius 1 is 1.42 bits per heavy atom. The first kappa shape index (κ1) is 13.5. The fraction of sp³-hybridized carbons (Fsp3) is 0.429. The molecule has 2 unspecified atom stereocenters. The zero-order valence-corrected chi connectivity index (χ0v) is 10.5. The average molecular weight is 261 g/mol. The third kappa shape index (κ3) is 3.09. The van der Waals surface area contributed by atoms with E-state index in [0.717, 1.165) is 31.7 Å². The van der Waals surface area contributed by atoms with Gasteiger partial charge in [0, 0.05) is 6.04 Å². The van der Waals surface area contributed by atoms with Gasteiger partial charge in [-0.05, 0) is 31.0 Å². The molecule has 3 N–H and O–H groups in total. The number of carbonyl (C=O) groups excluding carboxylic acids is 1. The number of anilines is 1. The Morgan fingerprint density at radius 2 is 2.16 bits per heavy atom. The molecule has 0 aromatic heterocycles. The Bertz CT molecular complexity index is 524. The van der Waals surface area contributed by atoms with E-state index in [4.69, 9.17) is 11.0 Å². The molecule has 5 heteroatoms. The number of amides is 1. The van der Waals surface area contributed by atoms with Crippen LogP contribution in [0.25, 0.3) is 0 Å². The van der Waals surface area contributed by atoms with Crippen molar-refractivity contribution in [3.63, 3.8) is 0 Å². The van der Waals surface area contributed by atoms with Crippen molar-refractivity contribution in [1.29, 1.82) is 5.26 Å². The monoisotopic (exact) mass is 261 g/mol. The standard InChI is InChI=1S/C14H16FN3O/c15-11-7-9(8-16)5-6-13(11)18-14(19)10-3-1-2-4-12(10)17/h5-7,10,12H,1-4,17H2,(H,18,19). The number of nitriles is 1. The van der Waals surface area contributed by atoms with Crippen molar-refractivity contribution in [2.75, 3.05) is 5.32 Å². The molecule has 1 aromatic carbocycles. The summed E-state index contributed by atoms with van der Waals surface area (Å²) < 4.78 is 13.7. The van der Waals surface area contributed by atoms with Crippen molar-refractivity contribution in [2.45, 2.75) is 31.7 Å². The van der Waals surface area contributed by atoms with E-state index in [1.165, 1.54) is 12.1 Å². The van der Waals surface area contributed by atoms with Crippen LogP contribution < -0.4 is 11.1 Å². The summed E-state index contributed by atoms with van der Waals surface area (Å²) >= 11 is 0. The number of nitrogens with one attached hydrogen (secondary N) is 1. The largest absolute Gasteiger partial charge is 0.327 e. The molecule has 2 rings (SSSR count). The van der Waals surface area contributed by atoms with Gasteiger partial charge in [0.05, 0.1) is 23.2 Å². The van der Waals surface area contributed by atoms with Gasteiger partial charge in [-0.2, -0.15) is 5.26 Å². The SMILES string of the molecule is N#Cc1ccc(NC(=O)C2CCCCC2N)c(F)c1. The summed E-state index contributed by atoms with van der Waals surface area (Å²) in [6.45, 7) is 0. The van der Waals surface area contributed by atoms with Crippen molar-refractivity contribution >= 4 is 11.6 Å². The third-order valence-corrected chi connectivity index (χ3v) is 3.51. The minimum absolute atomic E-state index is 0.0989. The van der Waals surface area contributed by atoms with Crippen LogP contribution in [0, 0.1) is 23.1 Å². The Labute approximate surface area is 111 Å². The van der Waals surface area contributed by atoms with E-state index in [-0.39, 0.29) is 29.1 Å². The Morgan fingerprint density at radius 3 is 2.79 bits per heavy atom. The highest BCUT2D eigenvalue weighted by molar-refractivity contribution is 5.93. The first-order chi connectivity index (χ1) is 9.11. The molecule has 0 radical (unpaired) electrons. The molecule has 1 fully saturated rings. The molecule has 19 heavy (non-hydrogen) atoms. The smallest absolute Gasteiger partial charge is 0.229 e. The predicted molar refractivity (Wildman–Crippen MR) is 69.7 cm³/mol. The van der Waals surface area contributed by atoms with E-state index in [0.29, 0.717) is 0 Å². The van der Waals surface area contributed by atoms with Gasteiger partial charge in [-0.25, -0.2) is 4.39 Å². The van der Waals surface area contributed by atoms with E-state index in [1.807, 2.05) is 6.07 Å². The van der Waals surface area contributed by atoms with E-state index >= 15 is 0 Å². The topological polar surface area (TPSA) is 78.9 Å². The zero-order valence-electron chi connectivity index (χ0n) is 10.5. The molecule has 1 aromatic rings. The molecular weight excluding hydrogens is 245 g/mol. The van der Waals surface area contributed by atoms with Gasteiger partial charge in [0.15, 0.2) is 0 Å². The molecule has 0 heterocycles. The second-order valence-electron chi connectivity index (χ2n) is 4.85. The van der Waals surface area contributed by atoms with Gasteiger partial charge in [0.25, 0.3) is 0 Å². The second kappa shape index (κ2) is 5.81. The van der Waals surface area contributed by atoms with Crippen molar-refractivity contribution < 1.29 is 9.18 Å². The van der Waals surface area contributed by atoms with Crippen LogP contribution in [0.15, 0.2) is 18.2 Å². The van der Waals surface area contributed by atoms with E-state index in [1.54, 1.807) is 0 Å². The Hall–Kier alpha value is -1.93. The van der Waals surface area contributed by atoms with Crippen LogP contribution >= 0.6 is 0 Å². The average Bonchev–Trinajstić information content (AvgIpc) is 2.41. The molecule has 1 amide bonds. The van der Waals surface area contributed by atoms with Crippen LogP contribution in [0.3, 0.4) is 0 Å². The van der Waals surface area contributed by atoms with Crippen LogP contribution in [0.4, 0.5) is 10.1 Å².